The Morgan fingerprint density at radius 1 is 1.14 bits per heavy atom. The molecule has 1 aromatic rings. The first-order valence-corrected chi connectivity index (χ1v) is 6.40. The summed E-state index contributed by atoms with van der Waals surface area (Å²) in [6, 6.07) is 4.98. The van der Waals surface area contributed by atoms with Crippen LogP contribution in [0.1, 0.15) is 30.6 Å². The molecule has 0 fully saturated rings. The average Bonchev–Trinajstić information content (AvgIpc) is 2.50. The lowest BCUT2D eigenvalue weighted by Crippen LogP contribution is -2.23. The molecule has 0 saturated carbocycles. The largest absolute Gasteiger partial charge is 0.496 e. The van der Waals surface area contributed by atoms with Gasteiger partial charge >= 0.3 is 5.97 Å². The van der Waals surface area contributed by atoms with Crippen molar-refractivity contribution in [1.29, 1.82) is 0 Å². The van der Waals surface area contributed by atoms with E-state index in [9.17, 15) is 4.79 Å². The molecule has 0 unspecified atom stereocenters. The summed E-state index contributed by atoms with van der Waals surface area (Å²) in [5.41, 5.74) is -0.226. The third-order valence-electron chi connectivity index (χ3n) is 2.95. The summed E-state index contributed by atoms with van der Waals surface area (Å²) in [4.78, 5) is 21.6. The van der Waals surface area contributed by atoms with E-state index in [1.54, 1.807) is 25.3 Å². The van der Waals surface area contributed by atoms with E-state index in [4.69, 9.17) is 24.0 Å². The minimum Gasteiger partial charge on any atom is -0.496 e. The monoisotopic (exact) mass is 297 g/mol. The van der Waals surface area contributed by atoms with Crippen LogP contribution < -0.4 is 9.47 Å². The topological polar surface area (TPSA) is 63.2 Å². The molecule has 1 aromatic carbocycles. The fourth-order valence-electron chi connectivity index (χ4n) is 1.49. The first-order valence-electron chi connectivity index (χ1n) is 6.40. The number of carbonyl (C=O) groups is 1. The molecule has 117 valence electrons. The molecule has 1 rings (SSSR count). The predicted molar refractivity (Wildman–Crippen MR) is 76.1 cm³/mol. The standard InChI is InChI=1S/C15H21O6/c1-15(2,19-5)9-10-20-21-14(16)13-11(17-3)7-6-8-12(13)18-4/h6-8,10H,9H2,1-5H3. The molecule has 0 heterocycles. The van der Waals surface area contributed by atoms with Gasteiger partial charge in [0.15, 0.2) is 0 Å². The second-order valence-corrected chi connectivity index (χ2v) is 4.84. The lowest BCUT2D eigenvalue weighted by Gasteiger charge is -2.21. The van der Waals surface area contributed by atoms with E-state index in [2.05, 4.69) is 0 Å². The summed E-state index contributed by atoms with van der Waals surface area (Å²) < 4.78 is 15.5. The van der Waals surface area contributed by atoms with Gasteiger partial charge in [0.1, 0.15) is 23.7 Å². The second-order valence-electron chi connectivity index (χ2n) is 4.84. The van der Waals surface area contributed by atoms with Crippen molar-refractivity contribution in [3.8, 4) is 11.5 Å². The lowest BCUT2D eigenvalue weighted by molar-refractivity contribution is -0.218. The number of hydrogen-bond donors (Lipinski definition) is 0. The van der Waals surface area contributed by atoms with E-state index in [0.29, 0.717) is 17.9 Å². The van der Waals surface area contributed by atoms with Gasteiger partial charge in [-0.05, 0) is 26.0 Å². The Morgan fingerprint density at radius 2 is 1.71 bits per heavy atom. The van der Waals surface area contributed by atoms with Crippen molar-refractivity contribution in [1.82, 2.24) is 0 Å². The molecule has 0 aliphatic rings. The fraction of sp³-hybridized carbons (Fsp3) is 0.467. The fourth-order valence-corrected chi connectivity index (χ4v) is 1.49. The van der Waals surface area contributed by atoms with Crippen molar-refractivity contribution in [2.24, 2.45) is 0 Å². The summed E-state index contributed by atoms with van der Waals surface area (Å²) in [5, 5.41) is 0. The van der Waals surface area contributed by atoms with E-state index < -0.39 is 11.6 Å². The smallest absolute Gasteiger partial charge is 0.380 e. The lowest BCUT2D eigenvalue weighted by atomic mass is 10.1. The van der Waals surface area contributed by atoms with Crippen molar-refractivity contribution in [3.05, 3.63) is 30.4 Å². The Hall–Kier alpha value is -1.79. The van der Waals surface area contributed by atoms with Gasteiger partial charge < -0.3 is 14.2 Å². The zero-order valence-corrected chi connectivity index (χ0v) is 13.0. The number of hydrogen-bond acceptors (Lipinski definition) is 6. The average molecular weight is 297 g/mol. The summed E-state index contributed by atoms with van der Waals surface area (Å²) in [7, 11) is 4.51. The van der Waals surface area contributed by atoms with Gasteiger partial charge in [0, 0.05) is 13.5 Å². The molecule has 0 aromatic heterocycles. The Labute approximate surface area is 124 Å². The van der Waals surface area contributed by atoms with Gasteiger partial charge in [-0.25, -0.2) is 4.79 Å². The van der Waals surface area contributed by atoms with Crippen molar-refractivity contribution < 1.29 is 28.8 Å². The zero-order chi connectivity index (χ0) is 15.9. The molecule has 0 saturated heterocycles. The molecule has 0 atom stereocenters. The number of carbonyl (C=O) groups excluding carboxylic acids is 1. The molecule has 6 nitrogen and oxygen atoms in total. The van der Waals surface area contributed by atoms with Crippen LogP contribution in [0.2, 0.25) is 0 Å². The van der Waals surface area contributed by atoms with Gasteiger partial charge in [-0.15, -0.1) is 0 Å². The first kappa shape index (κ1) is 17.3. The highest BCUT2D eigenvalue weighted by atomic mass is 17.2. The molecule has 0 aliphatic heterocycles. The van der Waals surface area contributed by atoms with Crippen LogP contribution >= 0.6 is 0 Å². The number of rotatable bonds is 8. The molecule has 0 amide bonds. The highest BCUT2D eigenvalue weighted by molar-refractivity contribution is 5.95. The van der Waals surface area contributed by atoms with Gasteiger partial charge in [0.25, 0.3) is 0 Å². The Bertz CT molecular complexity index is 447. The maximum Gasteiger partial charge on any atom is 0.380 e. The van der Waals surface area contributed by atoms with Crippen molar-refractivity contribution in [2.45, 2.75) is 25.9 Å². The summed E-state index contributed by atoms with van der Waals surface area (Å²) >= 11 is 0. The normalized spacial score (nSPS) is 11.1. The molecule has 0 aliphatic carbocycles. The van der Waals surface area contributed by atoms with Crippen LogP contribution in [0.4, 0.5) is 0 Å². The van der Waals surface area contributed by atoms with E-state index >= 15 is 0 Å². The third-order valence-corrected chi connectivity index (χ3v) is 2.95. The summed E-state index contributed by atoms with van der Waals surface area (Å²) in [6.45, 7) is 5.14. The number of methoxy groups -OCH3 is 3. The minimum absolute atomic E-state index is 0.168. The van der Waals surface area contributed by atoms with Crippen LogP contribution in [-0.4, -0.2) is 32.9 Å². The highest BCUT2D eigenvalue weighted by Gasteiger charge is 2.22. The van der Waals surface area contributed by atoms with Crippen LogP contribution in [0.3, 0.4) is 0 Å². The van der Waals surface area contributed by atoms with Crippen molar-refractivity contribution >= 4 is 5.97 Å². The van der Waals surface area contributed by atoms with Crippen LogP contribution in [-0.2, 0) is 14.5 Å². The van der Waals surface area contributed by atoms with Crippen LogP contribution in [0.15, 0.2) is 18.2 Å². The predicted octanol–water partition coefficient (Wildman–Crippen LogP) is 2.77. The summed E-state index contributed by atoms with van der Waals surface area (Å²) in [6.07, 6.45) is 0.458. The van der Waals surface area contributed by atoms with E-state index in [1.807, 2.05) is 13.8 Å². The van der Waals surface area contributed by atoms with Crippen LogP contribution in [0, 0.1) is 6.61 Å². The zero-order valence-electron chi connectivity index (χ0n) is 13.0. The van der Waals surface area contributed by atoms with Gasteiger partial charge in [0.2, 0.25) is 0 Å². The SMILES string of the molecule is COc1cccc(OC)c1C(=O)OO[CH]CC(C)(C)OC. The summed E-state index contributed by atoms with van der Waals surface area (Å²) in [5.74, 6) is -0.00360. The van der Waals surface area contributed by atoms with E-state index in [-0.39, 0.29) is 5.56 Å². The Balaban J connectivity index is 2.64. The maximum atomic E-state index is 12.0. The van der Waals surface area contributed by atoms with Crippen molar-refractivity contribution in [3.63, 3.8) is 0 Å². The maximum absolute atomic E-state index is 12.0. The molecule has 21 heavy (non-hydrogen) atoms. The van der Waals surface area contributed by atoms with Gasteiger partial charge in [-0.1, -0.05) is 6.07 Å². The molecule has 0 spiro atoms. The third kappa shape index (κ3) is 4.91. The minimum atomic E-state index is -0.698. The molecule has 0 N–H and O–H groups in total. The molecule has 0 bridgehead atoms. The van der Waals surface area contributed by atoms with E-state index in [1.165, 1.54) is 20.8 Å². The van der Waals surface area contributed by atoms with Crippen LogP contribution in [0.25, 0.3) is 0 Å². The molecular formula is C15H21O6. The molecule has 1 radical (unpaired) electrons. The Kier molecular flexibility index (Phi) is 6.45. The highest BCUT2D eigenvalue weighted by Crippen LogP contribution is 2.29. The molecule has 6 heteroatoms. The quantitative estimate of drug-likeness (QED) is 0.418. The number of ether oxygens (including phenoxy) is 3. The van der Waals surface area contributed by atoms with Crippen LogP contribution in [0.5, 0.6) is 11.5 Å². The first-order chi connectivity index (χ1) is 9.95. The van der Waals surface area contributed by atoms with Gasteiger partial charge in [-0.2, -0.15) is 4.89 Å². The molecular weight excluding hydrogens is 276 g/mol. The van der Waals surface area contributed by atoms with Gasteiger partial charge in [0.05, 0.1) is 19.8 Å². The van der Waals surface area contributed by atoms with E-state index in [0.717, 1.165) is 0 Å². The second kappa shape index (κ2) is 7.85. The van der Waals surface area contributed by atoms with Gasteiger partial charge in [-0.3, -0.25) is 4.89 Å². The number of benzene rings is 1. The van der Waals surface area contributed by atoms with Crippen molar-refractivity contribution in [2.75, 3.05) is 21.3 Å². The Morgan fingerprint density at radius 3 is 2.19 bits per heavy atom.